The van der Waals surface area contributed by atoms with Crippen LogP contribution in [-0.4, -0.2) is 0 Å². The van der Waals surface area contributed by atoms with E-state index in [1.54, 1.807) is 0 Å². The van der Waals surface area contributed by atoms with E-state index < -0.39 is 0 Å². The topological polar surface area (TPSA) is 0 Å². The van der Waals surface area contributed by atoms with E-state index in [4.69, 9.17) is 0 Å². The first-order valence-corrected chi connectivity index (χ1v) is 5.90. The maximum Gasteiger partial charge on any atom is -0.0269 e. The van der Waals surface area contributed by atoms with E-state index in [1.807, 2.05) is 0 Å². The molecule has 1 saturated carbocycles. The zero-order valence-electron chi connectivity index (χ0n) is 9.76. The van der Waals surface area contributed by atoms with E-state index in [-0.39, 0.29) is 0 Å². The fourth-order valence-corrected chi connectivity index (χ4v) is 2.78. The molecule has 0 amide bonds. The second kappa shape index (κ2) is 4.82. The summed E-state index contributed by atoms with van der Waals surface area (Å²) in [6.07, 6.45) is 10.6. The summed E-state index contributed by atoms with van der Waals surface area (Å²) in [5.74, 6) is 1.74. The first kappa shape index (κ1) is 11.6. The number of rotatable bonds is 7. The van der Waals surface area contributed by atoms with Crippen LogP contribution in [0.25, 0.3) is 0 Å². The van der Waals surface area contributed by atoms with E-state index in [2.05, 4.69) is 39.2 Å². The minimum Gasteiger partial charge on any atom is -0.103 e. The van der Waals surface area contributed by atoms with Gasteiger partial charge in [0.05, 0.1) is 0 Å². The van der Waals surface area contributed by atoms with Crippen molar-refractivity contribution in [1.29, 1.82) is 0 Å². The summed E-state index contributed by atoms with van der Waals surface area (Å²) in [5.41, 5.74) is 0.677. The Kier molecular flexibility index (Phi) is 3.97. The van der Waals surface area contributed by atoms with Gasteiger partial charge in [-0.1, -0.05) is 32.4 Å². The third-order valence-electron chi connectivity index (χ3n) is 4.00. The summed E-state index contributed by atoms with van der Waals surface area (Å²) in [6.45, 7) is 12.4. The smallest absolute Gasteiger partial charge is 0.0269 e. The molecule has 0 saturated heterocycles. The van der Waals surface area contributed by atoms with Crippen LogP contribution in [0, 0.1) is 17.3 Å². The highest BCUT2D eigenvalue weighted by Crippen LogP contribution is 2.59. The van der Waals surface area contributed by atoms with Gasteiger partial charge in [-0.2, -0.15) is 0 Å². The molecular formula is C14H24. The highest BCUT2D eigenvalue weighted by Gasteiger charge is 2.49. The summed E-state index contributed by atoms with van der Waals surface area (Å²) in [4.78, 5) is 0. The molecular weight excluding hydrogens is 168 g/mol. The van der Waals surface area contributed by atoms with E-state index in [1.165, 1.54) is 19.3 Å². The average molecular weight is 192 g/mol. The van der Waals surface area contributed by atoms with Gasteiger partial charge in [0.15, 0.2) is 0 Å². The zero-order chi connectivity index (χ0) is 10.6. The molecule has 2 atom stereocenters. The number of hydrogen-bond acceptors (Lipinski definition) is 0. The predicted molar refractivity (Wildman–Crippen MR) is 64.2 cm³/mol. The minimum absolute atomic E-state index is 0.677. The maximum absolute atomic E-state index is 3.84. The van der Waals surface area contributed by atoms with Crippen LogP contribution in [0.1, 0.15) is 46.0 Å². The van der Waals surface area contributed by atoms with Crippen LogP contribution in [0.15, 0.2) is 25.3 Å². The fraction of sp³-hybridized carbons (Fsp3) is 0.714. The second-order valence-corrected chi connectivity index (χ2v) is 4.94. The maximum atomic E-state index is 3.84. The largest absolute Gasteiger partial charge is 0.103 e. The van der Waals surface area contributed by atoms with Gasteiger partial charge in [0.2, 0.25) is 0 Å². The predicted octanol–water partition coefficient (Wildman–Crippen LogP) is 4.58. The second-order valence-electron chi connectivity index (χ2n) is 4.94. The first-order chi connectivity index (χ1) is 6.68. The Balaban J connectivity index is 2.45. The molecule has 1 aliphatic rings. The quantitative estimate of drug-likeness (QED) is 0.518. The monoisotopic (exact) mass is 192 g/mol. The Morgan fingerprint density at radius 2 is 1.86 bits per heavy atom. The third kappa shape index (κ3) is 2.50. The molecule has 0 aromatic heterocycles. The van der Waals surface area contributed by atoms with E-state index in [0.717, 1.165) is 24.7 Å². The lowest BCUT2D eigenvalue weighted by Crippen LogP contribution is -2.10. The summed E-state index contributed by atoms with van der Waals surface area (Å²) in [5, 5.41) is 0. The van der Waals surface area contributed by atoms with Crippen molar-refractivity contribution in [2.75, 3.05) is 0 Å². The van der Waals surface area contributed by atoms with Crippen LogP contribution >= 0.6 is 0 Å². The lowest BCUT2D eigenvalue weighted by atomic mass is 9.84. The van der Waals surface area contributed by atoms with Gasteiger partial charge in [-0.25, -0.2) is 0 Å². The summed E-state index contributed by atoms with van der Waals surface area (Å²) in [7, 11) is 0. The molecule has 0 aliphatic heterocycles. The van der Waals surface area contributed by atoms with Crippen LogP contribution in [0.3, 0.4) is 0 Å². The van der Waals surface area contributed by atoms with Crippen molar-refractivity contribution >= 4 is 0 Å². The normalized spacial score (nSPS) is 30.4. The Bertz CT molecular complexity index is 190. The van der Waals surface area contributed by atoms with Crippen molar-refractivity contribution in [3.63, 3.8) is 0 Å². The van der Waals surface area contributed by atoms with E-state index in [9.17, 15) is 0 Å². The molecule has 80 valence electrons. The Morgan fingerprint density at radius 1 is 1.36 bits per heavy atom. The van der Waals surface area contributed by atoms with Gasteiger partial charge >= 0.3 is 0 Å². The molecule has 0 spiro atoms. The van der Waals surface area contributed by atoms with Crippen molar-refractivity contribution in [1.82, 2.24) is 0 Å². The van der Waals surface area contributed by atoms with Crippen LogP contribution in [-0.2, 0) is 0 Å². The fourth-order valence-electron chi connectivity index (χ4n) is 2.78. The minimum atomic E-state index is 0.677. The molecule has 0 N–H and O–H groups in total. The van der Waals surface area contributed by atoms with Crippen LogP contribution < -0.4 is 0 Å². The van der Waals surface area contributed by atoms with Gasteiger partial charge in [0.1, 0.15) is 0 Å². The van der Waals surface area contributed by atoms with Gasteiger partial charge in [-0.15, -0.1) is 13.2 Å². The molecule has 14 heavy (non-hydrogen) atoms. The number of allylic oxidation sites excluding steroid dienone is 2. The molecule has 1 unspecified atom stereocenters. The van der Waals surface area contributed by atoms with Crippen molar-refractivity contribution in [3.05, 3.63) is 25.3 Å². The summed E-state index contributed by atoms with van der Waals surface area (Å²) >= 11 is 0. The summed E-state index contributed by atoms with van der Waals surface area (Å²) < 4.78 is 0. The van der Waals surface area contributed by atoms with Crippen molar-refractivity contribution in [2.24, 2.45) is 17.3 Å². The van der Waals surface area contributed by atoms with Crippen molar-refractivity contribution < 1.29 is 0 Å². The molecule has 0 heterocycles. The Hall–Kier alpha value is -0.520. The van der Waals surface area contributed by atoms with Gasteiger partial charge in [-0.05, 0) is 42.9 Å². The molecule has 0 aromatic rings. The van der Waals surface area contributed by atoms with Crippen LogP contribution in [0.5, 0.6) is 0 Å². The molecule has 0 radical (unpaired) electrons. The average Bonchev–Trinajstić information content (AvgIpc) is 2.78. The molecule has 0 heteroatoms. The molecule has 0 nitrogen and oxygen atoms in total. The van der Waals surface area contributed by atoms with Crippen molar-refractivity contribution in [2.45, 2.75) is 46.0 Å². The lowest BCUT2D eigenvalue weighted by molar-refractivity contribution is 0.323. The van der Waals surface area contributed by atoms with Crippen LogP contribution in [0.4, 0.5) is 0 Å². The lowest BCUT2D eigenvalue weighted by Gasteiger charge is -2.21. The highest BCUT2D eigenvalue weighted by molar-refractivity contribution is 5.00. The van der Waals surface area contributed by atoms with E-state index >= 15 is 0 Å². The zero-order valence-corrected chi connectivity index (χ0v) is 9.76. The van der Waals surface area contributed by atoms with E-state index in [0.29, 0.717) is 5.41 Å². The molecule has 1 rings (SSSR count). The SMILES string of the molecule is C=CCC(CC=C)CC1(CC)C[C@@H]1C. The summed E-state index contributed by atoms with van der Waals surface area (Å²) in [6, 6.07) is 0. The molecule has 1 fully saturated rings. The molecule has 0 aromatic carbocycles. The van der Waals surface area contributed by atoms with Gasteiger partial charge in [-0.3, -0.25) is 0 Å². The first-order valence-electron chi connectivity index (χ1n) is 5.90. The Labute approximate surface area is 89.1 Å². The van der Waals surface area contributed by atoms with Gasteiger partial charge < -0.3 is 0 Å². The van der Waals surface area contributed by atoms with Crippen LogP contribution in [0.2, 0.25) is 0 Å². The number of hydrogen-bond donors (Lipinski definition) is 0. The molecule has 0 bridgehead atoms. The molecule has 1 aliphatic carbocycles. The van der Waals surface area contributed by atoms with Gasteiger partial charge in [0.25, 0.3) is 0 Å². The van der Waals surface area contributed by atoms with Gasteiger partial charge in [0, 0.05) is 0 Å². The van der Waals surface area contributed by atoms with Crippen molar-refractivity contribution in [3.8, 4) is 0 Å². The standard InChI is InChI=1S/C14H24/c1-5-8-13(9-6-2)11-14(7-3)10-12(14)4/h5-6,12-13H,1-2,7-11H2,3-4H3/t12-,14?/m0/s1. The third-order valence-corrected chi connectivity index (χ3v) is 4.00. The Morgan fingerprint density at radius 3 is 2.14 bits per heavy atom. The highest BCUT2D eigenvalue weighted by atomic mass is 14.5.